The van der Waals surface area contributed by atoms with Crippen LogP contribution in [0.2, 0.25) is 0 Å². The number of amides is 1. The fourth-order valence-corrected chi connectivity index (χ4v) is 2.24. The standard InChI is InChI=1S/C9H14FNO/c10-1-2-11-9(12)8-4-6-3-7(6)5-8/h6-8H,1-5H2,(H,11,12). The van der Waals surface area contributed by atoms with Gasteiger partial charge >= 0.3 is 0 Å². The van der Waals surface area contributed by atoms with E-state index >= 15 is 0 Å². The Kier molecular flexibility index (Phi) is 2.03. The molecule has 0 radical (unpaired) electrons. The van der Waals surface area contributed by atoms with Gasteiger partial charge in [0.1, 0.15) is 6.67 Å². The largest absolute Gasteiger partial charge is 0.353 e. The molecule has 1 N–H and O–H groups in total. The summed E-state index contributed by atoms with van der Waals surface area (Å²) in [7, 11) is 0. The number of carbonyl (C=O) groups excluding carboxylic acids is 1. The Labute approximate surface area is 71.5 Å². The monoisotopic (exact) mass is 171 g/mol. The van der Waals surface area contributed by atoms with Gasteiger partial charge in [0.05, 0.1) is 0 Å². The average molecular weight is 171 g/mol. The number of nitrogens with one attached hydrogen (secondary N) is 1. The molecular weight excluding hydrogens is 157 g/mol. The van der Waals surface area contributed by atoms with Crippen LogP contribution in [0.4, 0.5) is 4.39 Å². The molecule has 1 amide bonds. The van der Waals surface area contributed by atoms with Crippen molar-refractivity contribution >= 4 is 5.91 Å². The number of halogens is 1. The number of hydrogen-bond acceptors (Lipinski definition) is 1. The van der Waals surface area contributed by atoms with Crippen molar-refractivity contribution in [2.45, 2.75) is 19.3 Å². The van der Waals surface area contributed by atoms with Gasteiger partial charge in [-0.2, -0.15) is 0 Å². The minimum absolute atomic E-state index is 0.0693. The summed E-state index contributed by atoms with van der Waals surface area (Å²) in [5.74, 6) is 1.91. The third-order valence-corrected chi connectivity index (χ3v) is 3.01. The molecule has 0 heterocycles. The maximum atomic E-state index is 11.7. The van der Waals surface area contributed by atoms with Crippen LogP contribution in [0, 0.1) is 17.8 Å². The Bertz CT molecular complexity index is 185. The van der Waals surface area contributed by atoms with E-state index in [-0.39, 0.29) is 18.4 Å². The summed E-state index contributed by atoms with van der Waals surface area (Å²) in [5, 5.41) is 2.60. The van der Waals surface area contributed by atoms with E-state index in [9.17, 15) is 9.18 Å². The first-order valence-electron chi connectivity index (χ1n) is 4.65. The predicted molar refractivity (Wildman–Crippen MR) is 43.3 cm³/mol. The summed E-state index contributed by atoms with van der Waals surface area (Å²) in [6.07, 6.45) is 3.42. The molecule has 2 aliphatic rings. The molecule has 2 unspecified atom stereocenters. The van der Waals surface area contributed by atoms with E-state index in [0.717, 1.165) is 24.7 Å². The van der Waals surface area contributed by atoms with E-state index in [1.807, 2.05) is 0 Å². The molecule has 2 atom stereocenters. The Morgan fingerprint density at radius 2 is 2.00 bits per heavy atom. The molecule has 2 nitrogen and oxygen atoms in total. The molecule has 12 heavy (non-hydrogen) atoms. The molecule has 0 aliphatic heterocycles. The molecule has 0 saturated heterocycles. The van der Waals surface area contributed by atoms with Crippen molar-refractivity contribution in [2.24, 2.45) is 17.8 Å². The van der Waals surface area contributed by atoms with E-state index in [1.165, 1.54) is 6.42 Å². The lowest BCUT2D eigenvalue weighted by Gasteiger charge is -2.10. The van der Waals surface area contributed by atoms with Gasteiger partial charge in [-0.15, -0.1) is 0 Å². The van der Waals surface area contributed by atoms with Crippen molar-refractivity contribution in [3.05, 3.63) is 0 Å². The van der Waals surface area contributed by atoms with E-state index in [2.05, 4.69) is 5.32 Å². The van der Waals surface area contributed by atoms with Gasteiger partial charge in [0.15, 0.2) is 0 Å². The molecule has 0 aromatic rings. The first kappa shape index (κ1) is 8.02. The average Bonchev–Trinajstić information content (AvgIpc) is 2.69. The Morgan fingerprint density at radius 1 is 1.33 bits per heavy atom. The molecule has 0 aromatic carbocycles. The second kappa shape index (κ2) is 3.04. The molecule has 0 aromatic heterocycles. The summed E-state index contributed by atoms with van der Waals surface area (Å²) in [6, 6.07) is 0. The highest BCUT2D eigenvalue weighted by molar-refractivity contribution is 5.79. The van der Waals surface area contributed by atoms with Gasteiger partial charge in [-0.1, -0.05) is 0 Å². The lowest BCUT2D eigenvalue weighted by molar-refractivity contribution is -0.125. The Balaban J connectivity index is 1.73. The van der Waals surface area contributed by atoms with Crippen molar-refractivity contribution in [3.8, 4) is 0 Å². The van der Waals surface area contributed by atoms with Gasteiger partial charge < -0.3 is 5.32 Å². The second-order valence-corrected chi connectivity index (χ2v) is 3.90. The van der Waals surface area contributed by atoms with Gasteiger partial charge in [0.25, 0.3) is 0 Å². The second-order valence-electron chi connectivity index (χ2n) is 3.90. The van der Waals surface area contributed by atoms with E-state index in [0.29, 0.717) is 0 Å². The highest BCUT2D eigenvalue weighted by Gasteiger charge is 2.47. The van der Waals surface area contributed by atoms with Gasteiger partial charge in [0.2, 0.25) is 5.91 Å². The van der Waals surface area contributed by atoms with Crippen LogP contribution in [0.3, 0.4) is 0 Å². The van der Waals surface area contributed by atoms with Gasteiger partial charge in [-0.05, 0) is 31.1 Å². The van der Waals surface area contributed by atoms with Crippen molar-refractivity contribution in [1.82, 2.24) is 5.32 Å². The van der Waals surface area contributed by atoms with Crippen LogP contribution in [-0.4, -0.2) is 19.1 Å². The van der Waals surface area contributed by atoms with E-state index in [1.54, 1.807) is 0 Å². The molecular formula is C9H14FNO. The topological polar surface area (TPSA) is 29.1 Å². The lowest BCUT2D eigenvalue weighted by atomic mass is 10.0. The van der Waals surface area contributed by atoms with E-state index in [4.69, 9.17) is 0 Å². The fourth-order valence-electron chi connectivity index (χ4n) is 2.24. The Hall–Kier alpha value is -0.600. The first-order valence-corrected chi connectivity index (χ1v) is 4.65. The third-order valence-electron chi connectivity index (χ3n) is 3.01. The molecule has 2 fully saturated rings. The molecule has 2 aliphatic carbocycles. The normalized spacial score (nSPS) is 37.6. The minimum Gasteiger partial charge on any atom is -0.353 e. The van der Waals surface area contributed by atoms with Crippen molar-refractivity contribution < 1.29 is 9.18 Å². The minimum atomic E-state index is -0.453. The SMILES string of the molecule is O=C(NCCF)C1CC2CC2C1. The van der Waals surface area contributed by atoms with Gasteiger partial charge in [-0.25, -0.2) is 4.39 Å². The van der Waals surface area contributed by atoms with Gasteiger partial charge in [0, 0.05) is 12.5 Å². The highest BCUT2D eigenvalue weighted by atomic mass is 19.1. The summed E-state index contributed by atoms with van der Waals surface area (Å²) < 4.78 is 11.7. The molecule has 0 spiro atoms. The molecule has 2 rings (SSSR count). The highest BCUT2D eigenvalue weighted by Crippen LogP contribution is 2.54. The number of hydrogen-bond donors (Lipinski definition) is 1. The van der Waals surface area contributed by atoms with Crippen molar-refractivity contribution in [3.63, 3.8) is 0 Å². The van der Waals surface area contributed by atoms with Crippen LogP contribution in [0.15, 0.2) is 0 Å². The quantitative estimate of drug-likeness (QED) is 0.677. The van der Waals surface area contributed by atoms with Gasteiger partial charge in [-0.3, -0.25) is 4.79 Å². The number of fused-ring (bicyclic) bond motifs is 1. The maximum Gasteiger partial charge on any atom is 0.223 e. The summed E-state index contributed by atoms with van der Waals surface area (Å²) in [6.45, 7) is -0.268. The maximum absolute atomic E-state index is 11.7. The number of carbonyl (C=O) groups is 1. The zero-order valence-electron chi connectivity index (χ0n) is 7.05. The fraction of sp³-hybridized carbons (Fsp3) is 0.889. The molecule has 68 valence electrons. The smallest absolute Gasteiger partial charge is 0.223 e. The summed E-state index contributed by atoms with van der Waals surface area (Å²) in [4.78, 5) is 11.3. The van der Waals surface area contributed by atoms with Crippen LogP contribution >= 0.6 is 0 Å². The zero-order valence-corrected chi connectivity index (χ0v) is 7.05. The van der Waals surface area contributed by atoms with Crippen LogP contribution in [-0.2, 0) is 4.79 Å². The Morgan fingerprint density at radius 3 is 2.58 bits per heavy atom. The first-order chi connectivity index (χ1) is 5.81. The zero-order chi connectivity index (χ0) is 8.55. The predicted octanol–water partition coefficient (Wildman–Crippen LogP) is 1.12. The van der Waals surface area contributed by atoms with Crippen LogP contribution < -0.4 is 5.32 Å². The number of alkyl halides is 1. The van der Waals surface area contributed by atoms with Crippen molar-refractivity contribution in [1.29, 1.82) is 0 Å². The third kappa shape index (κ3) is 1.45. The number of rotatable bonds is 3. The van der Waals surface area contributed by atoms with Crippen LogP contribution in [0.5, 0.6) is 0 Å². The van der Waals surface area contributed by atoms with Crippen molar-refractivity contribution in [2.75, 3.05) is 13.2 Å². The molecule has 2 saturated carbocycles. The van der Waals surface area contributed by atoms with E-state index < -0.39 is 6.67 Å². The molecule has 3 heteroatoms. The lowest BCUT2D eigenvalue weighted by Crippen LogP contribution is -2.31. The summed E-state index contributed by atoms with van der Waals surface area (Å²) in [5.41, 5.74) is 0. The van der Waals surface area contributed by atoms with Crippen LogP contribution in [0.25, 0.3) is 0 Å². The van der Waals surface area contributed by atoms with Crippen LogP contribution in [0.1, 0.15) is 19.3 Å². The molecule has 0 bridgehead atoms. The summed E-state index contributed by atoms with van der Waals surface area (Å²) >= 11 is 0.